The van der Waals surface area contributed by atoms with Crippen molar-refractivity contribution in [2.24, 2.45) is 5.41 Å². The summed E-state index contributed by atoms with van der Waals surface area (Å²) in [5.74, 6) is 0. The van der Waals surface area contributed by atoms with Crippen molar-refractivity contribution in [1.82, 2.24) is 9.80 Å². The third-order valence-electron chi connectivity index (χ3n) is 3.91. The number of hydrogen-bond donors (Lipinski definition) is 0. The third-order valence-corrected chi connectivity index (χ3v) is 4.41. The largest absolute Gasteiger partial charge is 0.288 e. The minimum atomic E-state index is 0.403. The van der Waals surface area contributed by atoms with Gasteiger partial charge < -0.3 is 0 Å². The second-order valence-electron chi connectivity index (χ2n) is 5.55. The molecule has 0 radical (unpaired) electrons. The summed E-state index contributed by atoms with van der Waals surface area (Å²) in [7, 11) is 1.33. The van der Waals surface area contributed by atoms with Gasteiger partial charge in [0.2, 0.25) is 0 Å². The molecule has 0 bridgehead atoms. The average molecular weight is 259 g/mol. The molecule has 0 unspecified atom stereocenters. The molecule has 0 fully saturated rings. The van der Waals surface area contributed by atoms with Crippen LogP contribution in [0.15, 0.2) is 0 Å². The number of hydrogen-bond acceptors (Lipinski definition) is 2. The highest BCUT2D eigenvalue weighted by molar-refractivity contribution is 6.08. The van der Waals surface area contributed by atoms with Gasteiger partial charge in [0.25, 0.3) is 0 Å². The summed E-state index contributed by atoms with van der Waals surface area (Å²) in [5.41, 5.74) is 0.403. The minimum absolute atomic E-state index is 0.403. The Balaban J connectivity index is 5.06. The molecule has 0 aromatic heterocycles. The Labute approximate surface area is 112 Å². The van der Waals surface area contributed by atoms with E-state index in [0.29, 0.717) is 11.6 Å². The van der Waals surface area contributed by atoms with Gasteiger partial charge in [0.1, 0.15) is 0 Å². The van der Waals surface area contributed by atoms with Crippen LogP contribution in [0.2, 0.25) is 6.04 Å². The van der Waals surface area contributed by atoms with Gasteiger partial charge in [-0.15, -0.1) is 0 Å². The van der Waals surface area contributed by atoms with Crippen LogP contribution in [0.1, 0.15) is 48.0 Å². The Morgan fingerprint density at radius 3 is 1.47 bits per heavy atom. The van der Waals surface area contributed by atoms with E-state index in [1.165, 1.54) is 22.7 Å². The van der Waals surface area contributed by atoms with Crippen molar-refractivity contribution in [2.75, 3.05) is 26.2 Å². The molecule has 0 heterocycles. The first-order chi connectivity index (χ1) is 7.98. The zero-order chi connectivity index (χ0) is 13.5. The van der Waals surface area contributed by atoms with E-state index in [1.54, 1.807) is 0 Å². The van der Waals surface area contributed by atoms with Crippen LogP contribution in [0.3, 0.4) is 0 Å². The van der Waals surface area contributed by atoms with Gasteiger partial charge in [-0.25, -0.2) is 0 Å². The maximum Gasteiger partial charge on any atom is 0.0674 e. The zero-order valence-corrected chi connectivity index (χ0v) is 15.2. The van der Waals surface area contributed by atoms with Gasteiger partial charge in [-0.2, -0.15) is 0 Å². The predicted molar refractivity (Wildman–Crippen MR) is 82.8 cm³/mol. The Bertz CT molecular complexity index is 175. The van der Waals surface area contributed by atoms with Crippen LogP contribution in [0.25, 0.3) is 0 Å². The number of rotatable bonds is 9. The van der Waals surface area contributed by atoms with Gasteiger partial charge >= 0.3 is 0 Å². The van der Waals surface area contributed by atoms with Crippen LogP contribution in [0.5, 0.6) is 0 Å². The lowest BCUT2D eigenvalue weighted by molar-refractivity contribution is -0.0301. The maximum atomic E-state index is 2.63. The van der Waals surface area contributed by atoms with Crippen LogP contribution in [-0.2, 0) is 0 Å². The normalized spacial score (nSPS) is 13.2. The molecule has 0 saturated heterocycles. The highest BCUT2D eigenvalue weighted by Crippen LogP contribution is 2.32. The van der Waals surface area contributed by atoms with Crippen molar-refractivity contribution in [3.05, 3.63) is 0 Å². The fourth-order valence-electron chi connectivity index (χ4n) is 3.13. The molecule has 0 aliphatic carbocycles. The van der Waals surface area contributed by atoms with E-state index in [2.05, 4.69) is 51.3 Å². The van der Waals surface area contributed by atoms with Crippen molar-refractivity contribution < 1.29 is 0 Å². The first-order valence-electron chi connectivity index (χ1n) is 7.46. The summed E-state index contributed by atoms with van der Waals surface area (Å²) in [6, 6.07) is 1.41. The molecule has 17 heavy (non-hydrogen) atoms. The lowest BCUT2D eigenvalue weighted by Gasteiger charge is -2.47. The highest BCUT2D eigenvalue weighted by Gasteiger charge is 2.35. The Morgan fingerprint density at radius 2 is 1.24 bits per heavy atom. The molecule has 0 spiro atoms. The van der Waals surface area contributed by atoms with Crippen molar-refractivity contribution in [3.63, 3.8) is 0 Å². The first kappa shape index (κ1) is 17.1. The van der Waals surface area contributed by atoms with Crippen LogP contribution in [0.4, 0.5) is 0 Å². The first-order valence-corrected chi connectivity index (χ1v) is 8.87. The van der Waals surface area contributed by atoms with E-state index in [1.807, 2.05) is 0 Å². The molecule has 2 nitrogen and oxygen atoms in total. The van der Waals surface area contributed by atoms with E-state index < -0.39 is 0 Å². The Kier molecular flexibility index (Phi) is 8.34. The van der Waals surface area contributed by atoms with Crippen molar-refractivity contribution in [1.29, 1.82) is 0 Å². The van der Waals surface area contributed by atoms with Gasteiger partial charge in [0.05, 0.1) is 6.17 Å². The zero-order valence-electron chi connectivity index (χ0n) is 13.2. The molecule has 3 heteroatoms. The molecule has 0 aliphatic heterocycles. The van der Waals surface area contributed by atoms with Crippen LogP contribution < -0.4 is 0 Å². The minimum Gasteiger partial charge on any atom is -0.288 e. The van der Waals surface area contributed by atoms with Gasteiger partial charge in [-0.1, -0.05) is 47.6 Å². The Hall–Kier alpha value is 0.137. The molecular weight excluding hydrogens is 224 g/mol. The summed E-state index contributed by atoms with van der Waals surface area (Å²) >= 11 is 0. The molecule has 0 amide bonds. The molecular formula is C14H34N2Si. The SMILES string of the molecule is CCN(CC)C(N(CC)CC)C(C)(C)CC[SiH3]. The summed E-state index contributed by atoms with van der Waals surface area (Å²) in [4.78, 5) is 5.26. The van der Waals surface area contributed by atoms with E-state index >= 15 is 0 Å². The van der Waals surface area contributed by atoms with Crippen molar-refractivity contribution in [3.8, 4) is 0 Å². The van der Waals surface area contributed by atoms with Gasteiger partial charge in [0.15, 0.2) is 0 Å². The number of nitrogens with zero attached hydrogens (tertiary/aromatic N) is 2. The quantitative estimate of drug-likeness (QED) is 0.462. The predicted octanol–water partition coefficient (Wildman–Crippen LogP) is 2.20. The van der Waals surface area contributed by atoms with Gasteiger partial charge in [-0.05, 0) is 38.0 Å². The second kappa shape index (κ2) is 8.28. The van der Waals surface area contributed by atoms with Gasteiger partial charge in [-0.3, -0.25) is 9.80 Å². The molecule has 104 valence electrons. The van der Waals surface area contributed by atoms with Gasteiger partial charge in [0, 0.05) is 10.2 Å². The fraction of sp³-hybridized carbons (Fsp3) is 1.00. The maximum absolute atomic E-state index is 2.63. The summed E-state index contributed by atoms with van der Waals surface area (Å²) < 4.78 is 0. The van der Waals surface area contributed by atoms with E-state index in [4.69, 9.17) is 0 Å². The Morgan fingerprint density at radius 1 is 0.882 bits per heavy atom. The average Bonchev–Trinajstić information content (AvgIpc) is 2.29. The van der Waals surface area contributed by atoms with Crippen molar-refractivity contribution in [2.45, 2.75) is 60.2 Å². The van der Waals surface area contributed by atoms with Crippen LogP contribution in [-0.4, -0.2) is 52.4 Å². The molecule has 0 aliphatic rings. The van der Waals surface area contributed by atoms with E-state index in [9.17, 15) is 0 Å². The summed E-state index contributed by atoms with van der Waals surface area (Å²) in [6.45, 7) is 18.7. The highest BCUT2D eigenvalue weighted by atomic mass is 28.1. The van der Waals surface area contributed by atoms with Crippen LogP contribution >= 0.6 is 0 Å². The topological polar surface area (TPSA) is 6.48 Å². The van der Waals surface area contributed by atoms with E-state index in [-0.39, 0.29) is 0 Å². The molecule has 0 N–H and O–H groups in total. The molecule has 0 aromatic rings. The molecule has 0 atom stereocenters. The summed E-state index contributed by atoms with van der Waals surface area (Å²) in [5, 5.41) is 0. The smallest absolute Gasteiger partial charge is 0.0674 e. The second-order valence-corrected chi connectivity index (χ2v) is 6.55. The van der Waals surface area contributed by atoms with Crippen molar-refractivity contribution >= 4 is 10.2 Å². The molecule has 0 aromatic carbocycles. The lowest BCUT2D eigenvalue weighted by atomic mass is 9.84. The summed E-state index contributed by atoms with van der Waals surface area (Å²) in [6.07, 6.45) is 1.96. The third kappa shape index (κ3) is 4.72. The standard InChI is InChI=1S/C14H34N2Si/c1-7-15(8-2)13(16(9-3)10-4)14(5,6)11-12-17/h13H,7-12H2,1-6,17H3. The van der Waals surface area contributed by atoms with Crippen LogP contribution in [0, 0.1) is 5.41 Å². The fourth-order valence-corrected chi connectivity index (χ4v) is 4.42. The molecule has 0 rings (SSSR count). The van der Waals surface area contributed by atoms with E-state index in [0.717, 1.165) is 26.2 Å². The monoisotopic (exact) mass is 258 g/mol. The molecule has 0 saturated carbocycles. The lowest BCUT2D eigenvalue weighted by Crippen LogP contribution is -2.56.